The summed E-state index contributed by atoms with van der Waals surface area (Å²) >= 11 is 0. The zero-order chi connectivity index (χ0) is 23.4. The van der Waals surface area contributed by atoms with Gasteiger partial charge >= 0.3 is 5.97 Å². The van der Waals surface area contributed by atoms with Gasteiger partial charge in [-0.25, -0.2) is 0 Å². The van der Waals surface area contributed by atoms with Crippen molar-refractivity contribution in [3.63, 3.8) is 0 Å². The van der Waals surface area contributed by atoms with Crippen LogP contribution in [0.2, 0.25) is 0 Å². The maximum Gasteiger partial charge on any atom is 0.303 e. The van der Waals surface area contributed by atoms with Crippen LogP contribution in [0.25, 0.3) is 0 Å². The van der Waals surface area contributed by atoms with Gasteiger partial charge in [-0.15, -0.1) is 0 Å². The van der Waals surface area contributed by atoms with E-state index in [1.165, 1.54) is 109 Å². The van der Waals surface area contributed by atoms with Crippen LogP contribution in [0, 0.1) is 0 Å². The highest BCUT2D eigenvalue weighted by atomic mass is 16.4. The molecule has 0 aromatic heterocycles. The summed E-state index contributed by atoms with van der Waals surface area (Å²) in [6, 6.07) is 0. The van der Waals surface area contributed by atoms with E-state index in [-0.39, 0.29) is 6.42 Å². The molecule has 2 heteroatoms. The molecule has 186 valence electrons. The van der Waals surface area contributed by atoms with Crippen LogP contribution in [0.15, 0.2) is 36.5 Å². The summed E-state index contributed by atoms with van der Waals surface area (Å²) in [7, 11) is 0. The van der Waals surface area contributed by atoms with Gasteiger partial charge < -0.3 is 5.11 Å². The molecule has 2 nitrogen and oxygen atoms in total. The zero-order valence-electron chi connectivity index (χ0n) is 21.4. The Morgan fingerprint density at radius 2 is 0.781 bits per heavy atom. The van der Waals surface area contributed by atoms with Crippen LogP contribution in [0.4, 0.5) is 0 Å². The predicted octanol–water partition coefficient (Wildman–Crippen LogP) is 10.3. The molecular formula is C30H54O2. The van der Waals surface area contributed by atoms with Gasteiger partial charge in [0.05, 0.1) is 0 Å². The Kier molecular flexibility index (Phi) is 26.6. The summed E-state index contributed by atoms with van der Waals surface area (Å²) < 4.78 is 0. The maximum atomic E-state index is 10.4. The van der Waals surface area contributed by atoms with Gasteiger partial charge in [-0.1, -0.05) is 120 Å². The minimum absolute atomic E-state index is 0.280. The summed E-state index contributed by atoms with van der Waals surface area (Å²) in [6.07, 6.45) is 41.1. The fourth-order valence-corrected chi connectivity index (χ4v) is 3.88. The maximum absolute atomic E-state index is 10.4. The van der Waals surface area contributed by atoms with E-state index in [4.69, 9.17) is 5.11 Å². The second-order valence-electron chi connectivity index (χ2n) is 9.24. The number of hydrogen-bond acceptors (Lipinski definition) is 1. The minimum atomic E-state index is -0.695. The molecule has 0 saturated heterocycles. The Labute approximate surface area is 200 Å². The summed E-state index contributed by atoms with van der Waals surface area (Å²) in [6.45, 7) is 2.26. The molecule has 0 amide bonds. The molecule has 0 bridgehead atoms. The molecule has 0 aromatic rings. The molecule has 0 atom stereocenters. The van der Waals surface area contributed by atoms with Gasteiger partial charge in [0.25, 0.3) is 0 Å². The van der Waals surface area contributed by atoms with Crippen LogP contribution in [0.5, 0.6) is 0 Å². The molecule has 0 fully saturated rings. The van der Waals surface area contributed by atoms with Crippen LogP contribution in [-0.2, 0) is 4.79 Å². The van der Waals surface area contributed by atoms with E-state index in [1.807, 2.05) is 0 Å². The quantitative estimate of drug-likeness (QED) is 0.112. The molecule has 0 aliphatic heterocycles. The van der Waals surface area contributed by atoms with Crippen LogP contribution in [-0.4, -0.2) is 11.1 Å². The third kappa shape index (κ3) is 28.7. The lowest BCUT2D eigenvalue weighted by atomic mass is 10.0. The lowest BCUT2D eigenvalue weighted by molar-refractivity contribution is -0.137. The Bertz CT molecular complexity index is 461. The van der Waals surface area contributed by atoms with Crippen molar-refractivity contribution in [2.45, 2.75) is 148 Å². The monoisotopic (exact) mass is 446 g/mol. The fourth-order valence-electron chi connectivity index (χ4n) is 3.88. The van der Waals surface area contributed by atoms with Gasteiger partial charge in [0, 0.05) is 6.42 Å². The van der Waals surface area contributed by atoms with Crippen molar-refractivity contribution >= 4 is 5.97 Å². The largest absolute Gasteiger partial charge is 0.481 e. The highest BCUT2D eigenvalue weighted by molar-refractivity contribution is 5.66. The topological polar surface area (TPSA) is 37.3 Å². The van der Waals surface area contributed by atoms with E-state index in [0.717, 1.165) is 25.7 Å². The van der Waals surface area contributed by atoms with Gasteiger partial charge in [0.1, 0.15) is 0 Å². The van der Waals surface area contributed by atoms with Crippen molar-refractivity contribution in [1.29, 1.82) is 0 Å². The second kappa shape index (κ2) is 27.7. The molecule has 0 rings (SSSR count). The highest BCUT2D eigenvalue weighted by Crippen LogP contribution is 2.13. The average molecular weight is 447 g/mol. The number of aliphatic carboxylic acids is 1. The van der Waals surface area contributed by atoms with Crippen LogP contribution in [0.3, 0.4) is 0 Å². The van der Waals surface area contributed by atoms with E-state index in [0.29, 0.717) is 0 Å². The number of hydrogen-bond donors (Lipinski definition) is 1. The molecule has 0 aliphatic rings. The zero-order valence-corrected chi connectivity index (χ0v) is 21.4. The van der Waals surface area contributed by atoms with Crippen LogP contribution in [0.1, 0.15) is 148 Å². The van der Waals surface area contributed by atoms with Gasteiger partial charge in [-0.3, -0.25) is 4.79 Å². The number of carboxylic acids is 1. The van der Waals surface area contributed by atoms with E-state index >= 15 is 0 Å². The van der Waals surface area contributed by atoms with Gasteiger partial charge in [-0.2, -0.15) is 0 Å². The van der Waals surface area contributed by atoms with E-state index in [1.54, 1.807) is 0 Å². The lowest BCUT2D eigenvalue weighted by Crippen LogP contribution is -1.92. The van der Waals surface area contributed by atoms with Crippen LogP contribution < -0.4 is 0 Å². The van der Waals surface area contributed by atoms with Crippen molar-refractivity contribution in [2.24, 2.45) is 0 Å². The number of carboxylic acid groups (broad SMARTS) is 1. The molecule has 0 unspecified atom stereocenters. The molecule has 0 aromatic carbocycles. The first kappa shape index (κ1) is 30.7. The number of carbonyl (C=O) groups is 1. The normalized spacial score (nSPS) is 12.0. The first-order valence-corrected chi connectivity index (χ1v) is 13.9. The van der Waals surface area contributed by atoms with Gasteiger partial charge in [0.2, 0.25) is 0 Å². The SMILES string of the molecule is CCCC/C=C\CCCCCCCCCCCCCC/C=C\CC/C=C\CCCC(=O)O. The summed E-state index contributed by atoms with van der Waals surface area (Å²) in [5, 5.41) is 8.57. The molecule has 0 aliphatic carbocycles. The molecular weight excluding hydrogens is 392 g/mol. The third-order valence-corrected chi connectivity index (χ3v) is 5.98. The van der Waals surface area contributed by atoms with Crippen LogP contribution >= 0.6 is 0 Å². The Hall–Kier alpha value is -1.31. The number of unbranched alkanes of at least 4 members (excludes halogenated alkanes) is 17. The van der Waals surface area contributed by atoms with E-state index in [9.17, 15) is 4.79 Å². The highest BCUT2D eigenvalue weighted by Gasteiger charge is 1.94. The van der Waals surface area contributed by atoms with Crippen molar-refractivity contribution in [3.05, 3.63) is 36.5 Å². The minimum Gasteiger partial charge on any atom is -0.481 e. The Morgan fingerprint density at radius 3 is 1.16 bits per heavy atom. The number of rotatable bonds is 25. The second-order valence-corrected chi connectivity index (χ2v) is 9.24. The number of allylic oxidation sites excluding steroid dienone is 6. The molecule has 0 radical (unpaired) electrons. The summed E-state index contributed by atoms with van der Waals surface area (Å²) in [4.78, 5) is 10.4. The van der Waals surface area contributed by atoms with Crippen molar-refractivity contribution in [2.75, 3.05) is 0 Å². The molecule has 0 heterocycles. The first-order chi connectivity index (χ1) is 15.8. The van der Waals surface area contributed by atoms with Gasteiger partial charge in [-0.05, 0) is 57.8 Å². The standard InChI is InChI=1S/C30H54O2/c1-2-3-4-5-6-7-8-9-10-11-12-13-14-15-16-17-18-19-20-21-22-23-24-25-26-27-28-29-30(31)32/h5-6,21-22,25-26H,2-4,7-20,23-24,27-29H2,1H3,(H,31,32)/b6-5-,22-21-,26-25-. The van der Waals surface area contributed by atoms with E-state index in [2.05, 4.69) is 43.4 Å². The van der Waals surface area contributed by atoms with Crippen molar-refractivity contribution in [3.8, 4) is 0 Å². The summed E-state index contributed by atoms with van der Waals surface area (Å²) in [5.41, 5.74) is 0. The average Bonchev–Trinajstić information content (AvgIpc) is 2.78. The lowest BCUT2D eigenvalue weighted by Gasteiger charge is -2.02. The van der Waals surface area contributed by atoms with Crippen molar-refractivity contribution < 1.29 is 9.90 Å². The third-order valence-electron chi connectivity index (χ3n) is 5.98. The van der Waals surface area contributed by atoms with E-state index < -0.39 is 5.97 Å². The van der Waals surface area contributed by atoms with Gasteiger partial charge in [0.15, 0.2) is 0 Å². The molecule has 0 saturated carbocycles. The smallest absolute Gasteiger partial charge is 0.303 e. The Balaban J connectivity index is 3.16. The molecule has 0 spiro atoms. The fraction of sp³-hybridized carbons (Fsp3) is 0.767. The predicted molar refractivity (Wildman–Crippen MR) is 142 cm³/mol. The van der Waals surface area contributed by atoms with Crippen molar-refractivity contribution in [1.82, 2.24) is 0 Å². The Morgan fingerprint density at radius 1 is 0.469 bits per heavy atom. The molecule has 32 heavy (non-hydrogen) atoms. The first-order valence-electron chi connectivity index (χ1n) is 13.9. The molecule has 1 N–H and O–H groups in total. The summed E-state index contributed by atoms with van der Waals surface area (Å²) in [5.74, 6) is -0.695.